The summed E-state index contributed by atoms with van der Waals surface area (Å²) in [6, 6.07) is 7.19. The molecule has 1 aromatic rings. The van der Waals surface area contributed by atoms with Gasteiger partial charge < -0.3 is 14.4 Å². The molecular weight excluding hydrogens is 354 g/mol. The van der Waals surface area contributed by atoms with Crippen molar-refractivity contribution in [2.45, 2.75) is 65.8 Å². The molecule has 0 bridgehead atoms. The SMILES string of the molecule is C[Si](C)ON(CC(O)COc1cccc(Cl)c1)C(C)(C)CC(C)(C)C. The quantitative estimate of drug-likeness (QED) is 0.489. The number of aliphatic hydroxyl groups is 1. The van der Waals surface area contributed by atoms with Crippen molar-refractivity contribution in [1.29, 1.82) is 0 Å². The molecule has 0 spiro atoms. The highest BCUT2D eigenvalue weighted by Crippen LogP contribution is 2.32. The smallest absolute Gasteiger partial charge is 0.235 e. The third-order valence-corrected chi connectivity index (χ3v) is 4.37. The molecule has 1 unspecified atom stereocenters. The van der Waals surface area contributed by atoms with E-state index in [2.05, 4.69) is 47.7 Å². The second-order valence-corrected chi connectivity index (χ2v) is 11.0. The van der Waals surface area contributed by atoms with E-state index in [0.717, 1.165) is 6.42 Å². The molecule has 0 heterocycles. The molecule has 6 heteroatoms. The maximum Gasteiger partial charge on any atom is 0.235 e. The highest BCUT2D eigenvalue weighted by atomic mass is 35.5. The van der Waals surface area contributed by atoms with E-state index >= 15 is 0 Å². The lowest BCUT2D eigenvalue weighted by atomic mass is 9.81. The molecule has 0 saturated carbocycles. The Kier molecular flexibility index (Phi) is 8.42. The number of ether oxygens (including phenoxy) is 1. The van der Waals surface area contributed by atoms with Gasteiger partial charge in [-0.1, -0.05) is 38.4 Å². The van der Waals surface area contributed by atoms with Gasteiger partial charge in [0.15, 0.2) is 0 Å². The summed E-state index contributed by atoms with van der Waals surface area (Å²) < 4.78 is 11.8. The second kappa shape index (κ2) is 9.37. The fourth-order valence-electron chi connectivity index (χ4n) is 3.01. The Morgan fingerprint density at radius 1 is 1.20 bits per heavy atom. The first-order valence-electron chi connectivity index (χ1n) is 8.71. The lowest BCUT2D eigenvalue weighted by Gasteiger charge is -2.43. The number of aliphatic hydroxyl groups excluding tert-OH is 1. The molecule has 0 aliphatic carbocycles. The minimum absolute atomic E-state index is 0.168. The average molecular weight is 387 g/mol. The number of β-amino-alcohol motifs (C(OH)–C–C–N with tert-alkyl or cyclic N) is 1. The molecule has 1 radical (unpaired) electrons. The van der Waals surface area contributed by atoms with Crippen molar-refractivity contribution in [2.24, 2.45) is 5.41 Å². The monoisotopic (exact) mass is 386 g/mol. The van der Waals surface area contributed by atoms with E-state index < -0.39 is 15.1 Å². The van der Waals surface area contributed by atoms with Crippen LogP contribution in [-0.2, 0) is 4.53 Å². The summed E-state index contributed by atoms with van der Waals surface area (Å²) in [6.07, 6.45) is 0.302. The lowest BCUT2D eigenvalue weighted by Crippen LogP contribution is -2.51. The molecule has 1 atom stereocenters. The van der Waals surface area contributed by atoms with Crippen molar-refractivity contribution in [2.75, 3.05) is 13.2 Å². The van der Waals surface area contributed by atoms with E-state index in [0.29, 0.717) is 17.3 Å². The van der Waals surface area contributed by atoms with Gasteiger partial charge >= 0.3 is 0 Å². The molecule has 25 heavy (non-hydrogen) atoms. The average Bonchev–Trinajstić information content (AvgIpc) is 2.41. The number of benzene rings is 1. The van der Waals surface area contributed by atoms with Crippen LogP contribution in [0, 0.1) is 5.41 Å². The number of halogens is 1. The van der Waals surface area contributed by atoms with Crippen molar-refractivity contribution >= 4 is 20.6 Å². The van der Waals surface area contributed by atoms with Crippen molar-refractivity contribution < 1.29 is 14.4 Å². The summed E-state index contributed by atoms with van der Waals surface area (Å²) in [6.45, 7) is 15.8. The van der Waals surface area contributed by atoms with Gasteiger partial charge in [-0.25, -0.2) is 0 Å². The summed E-state index contributed by atoms with van der Waals surface area (Å²) in [5.41, 5.74) is -0.0149. The van der Waals surface area contributed by atoms with Crippen LogP contribution in [-0.4, -0.2) is 44.0 Å². The molecule has 143 valence electrons. The summed E-state index contributed by atoms with van der Waals surface area (Å²) >= 11 is 5.96. The number of hydrogen-bond acceptors (Lipinski definition) is 4. The van der Waals surface area contributed by atoms with Crippen LogP contribution >= 0.6 is 11.6 Å². The predicted molar refractivity (Wildman–Crippen MR) is 106 cm³/mol. The van der Waals surface area contributed by atoms with Gasteiger partial charge in [0, 0.05) is 10.6 Å². The van der Waals surface area contributed by atoms with Gasteiger partial charge in [-0.3, -0.25) is 0 Å². The van der Waals surface area contributed by atoms with Gasteiger partial charge in [-0.05, 0) is 57.0 Å². The molecule has 1 rings (SSSR count). The molecule has 0 aliphatic rings. The topological polar surface area (TPSA) is 41.9 Å². The molecule has 4 nitrogen and oxygen atoms in total. The van der Waals surface area contributed by atoms with E-state index in [1.54, 1.807) is 12.1 Å². The molecule has 1 aromatic carbocycles. The van der Waals surface area contributed by atoms with Crippen LogP contribution in [0.5, 0.6) is 5.75 Å². The zero-order valence-corrected chi connectivity index (χ0v) is 18.4. The normalized spacial score (nSPS) is 14.2. The minimum atomic E-state index is -0.931. The Balaban J connectivity index is 2.70. The van der Waals surface area contributed by atoms with Gasteiger partial charge in [-0.2, -0.15) is 5.06 Å². The van der Waals surface area contributed by atoms with Crippen molar-refractivity contribution in [3.8, 4) is 5.75 Å². The number of rotatable bonds is 9. The summed E-state index contributed by atoms with van der Waals surface area (Å²) in [7, 11) is -0.931. The van der Waals surface area contributed by atoms with Crippen LogP contribution in [0.3, 0.4) is 0 Å². The van der Waals surface area contributed by atoms with E-state index in [9.17, 15) is 5.11 Å². The fourth-order valence-corrected chi connectivity index (χ4v) is 3.95. The van der Waals surface area contributed by atoms with Crippen LogP contribution in [0.25, 0.3) is 0 Å². The van der Waals surface area contributed by atoms with Gasteiger partial charge in [0.05, 0.1) is 6.54 Å². The predicted octanol–water partition coefficient (Wildman–Crippen LogP) is 4.78. The number of nitrogens with zero attached hydrogens (tertiary/aromatic N) is 1. The van der Waals surface area contributed by atoms with Crippen molar-refractivity contribution in [3.63, 3.8) is 0 Å². The largest absolute Gasteiger partial charge is 0.491 e. The minimum Gasteiger partial charge on any atom is -0.491 e. The van der Waals surface area contributed by atoms with Crippen LogP contribution < -0.4 is 4.74 Å². The lowest BCUT2D eigenvalue weighted by molar-refractivity contribution is -0.166. The number of hydroxylamine groups is 2. The van der Waals surface area contributed by atoms with Crippen molar-refractivity contribution in [3.05, 3.63) is 29.3 Å². The van der Waals surface area contributed by atoms with Crippen LogP contribution in [0.2, 0.25) is 18.1 Å². The molecule has 1 N–H and O–H groups in total. The molecular formula is C19H33ClNO3Si. The van der Waals surface area contributed by atoms with Crippen LogP contribution in [0.1, 0.15) is 41.0 Å². The molecule has 0 amide bonds. The Hall–Kier alpha value is -0.593. The van der Waals surface area contributed by atoms with E-state index in [-0.39, 0.29) is 17.6 Å². The van der Waals surface area contributed by atoms with E-state index in [1.807, 2.05) is 17.2 Å². The highest BCUT2D eigenvalue weighted by molar-refractivity contribution is 6.48. The van der Waals surface area contributed by atoms with E-state index in [4.69, 9.17) is 20.9 Å². The highest BCUT2D eigenvalue weighted by Gasteiger charge is 2.34. The van der Waals surface area contributed by atoms with Crippen LogP contribution in [0.15, 0.2) is 24.3 Å². The van der Waals surface area contributed by atoms with Gasteiger partial charge in [0.25, 0.3) is 0 Å². The Labute approximate surface area is 159 Å². The second-order valence-electron chi connectivity index (χ2n) is 8.53. The van der Waals surface area contributed by atoms with Gasteiger partial charge in [0.2, 0.25) is 9.04 Å². The maximum absolute atomic E-state index is 10.5. The first kappa shape index (κ1) is 22.4. The summed E-state index contributed by atoms with van der Waals surface area (Å²) in [5, 5.41) is 13.0. The summed E-state index contributed by atoms with van der Waals surface area (Å²) in [4.78, 5) is 0. The third kappa shape index (κ3) is 9.06. The molecule has 0 saturated heterocycles. The first-order valence-corrected chi connectivity index (χ1v) is 11.5. The third-order valence-electron chi connectivity index (χ3n) is 3.55. The zero-order chi connectivity index (χ0) is 19.3. The van der Waals surface area contributed by atoms with Crippen LogP contribution in [0.4, 0.5) is 0 Å². The fraction of sp³-hybridized carbons (Fsp3) is 0.684. The Morgan fingerprint density at radius 3 is 2.36 bits per heavy atom. The number of hydrogen-bond donors (Lipinski definition) is 1. The molecule has 0 aliphatic heterocycles. The molecule has 0 aromatic heterocycles. The van der Waals surface area contributed by atoms with Gasteiger partial charge in [0.1, 0.15) is 18.5 Å². The Morgan fingerprint density at radius 2 is 1.84 bits per heavy atom. The zero-order valence-electron chi connectivity index (χ0n) is 16.6. The van der Waals surface area contributed by atoms with Gasteiger partial charge in [-0.15, -0.1) is 0 Å². The summed E-state index contributed by atoms with van der Waals surface area (Å²) in [5.74, 6) is 0.656. The van der Waals surface area contributed by atoms with Crippen molar-refractivity contribution in [1.82, 2.24) is 5.06 Å². The van der Waals surface area contributed by atoms with E-state index in [1.165, 1.54) is 0 Å². The Bertz CT molecular complexity index is 532. The first-order chi connectivity index (χ1) is 11.4. The molecule has 0 fully saturated rings. The maximum atomic E-state index is 10.5. The standard InChI is InChI=1S/C19H33ClNO3Si/c1-18(2,3)14-19(4,5)21(24-25(6)7)12-16(22)13-23-17-10-8-9-15(20)11-17/h8-11,16,22H,12-14H2,1-7H3.